The van der Waals surface area contributed by atoms with E-state index in [-0.39, 0.29) is 18.3 Å². The topological polar surface area (TPSA) is 88.3 Å². The van der Waals surface area contributed by atoms with E-state index in [1.165, 1.54) is 0 Å². The Kier molecular flexibility index (Phi) is 3.85. The molecule has 7 heteroatoms. The van der Waals surface area contributed by atoms with Gasteiger partial charge in [-0.15, -0.1) is 0 Å². The van der Waals surface area contributed by atoms with Crippen LogP contribution >= 0.6 is 0 Å². The number of nitrogens with one attached hydrogen (secondary N) is 1. The minimum Gasteiger partial charge on any atom is -0.337 e. The van der Waals surface area contributed by atoms with Crippen molar-refractivity contribution < 1.29 is 14.1 Å². The minimum absolute atomic E-state index is 0.0240. The van der Waals surface area contributed by atoms with E-state index in [0.717, 1.165) is 16.9 Å². The van der Waals surface area contributed by atoms with E-state index in [2.05, 4.69) is 15.5 Å². The van der Waals surface area contributed by atoms with E-state index in [0.29, 0.717) is 12.2 Å². The Bertz CT molecular complexity index is 728. The Morgan fingerprint density at radius 3 is 2.70 bits per heavy atom. The third-order valence-electron chi connectivity index (χ3n) is 3.90. The first-order valence-corrected chi connectivity index (χ1v) is 7.55. The SMILES string of the molecule is CCCc1noc(CN2C(=O)NC(C)(c3ccccc3)C2=O)n1. The highest BCUT2D eigenvalue weighted by Gasteiger charge is 2.49. The first-order chi connectivity index (χ1) is 11.0. The Balaban J connectivity index is 1.81. The molecule has 120 valence electrons. The molecule has 1 atom stereocenters. The van der Waals surface area contributed by atoms with Gasteiger partial charge >= 0.3 is 6.03 Å². The van der Waals surface area contributed by atoms with Crippen LogP contribution in [0.5, 0.6) is 0 Å². The molecular formula is C16H18N4O3. The summed E-state index contributed by atoms with van der Waals surface area (Å²) in [6.45, 7) is 3.68. The van der Waals surface area contributed by atoms with Gasteiger partial charge in [0.25, 0.3) is 5.91 Å². The summed E-state index contributed by atoms with van der Waals surface area (Å²) in [4.78, 5) is 30.3. The molecule has 23 heavy (non-hydrogen) atoms. The standard InChI is InChI=1S/C16H18N4O3/c1-3-7-12-17-13(23-19-12)10-20-14(21)16(2,18-15(20)22)11-8-5-4-6-9-11/h4-6,8-9H,3,7,10H2,1-2H3,(H,18,22). The molecule has 0 bridgehead atoms. The first kappa shape index (κ1) is 15.2. The van der Waals surface area contributed by atoms with E-state index in [1.807, 2.05) is 37.3 Å². The van der Waals surface area contributed by atoms with Crippen molar-refractivity contribution in [2.24, 2.45) is 0 Å². The molecule has 3 rings (SSSR count). The normalized spacial score (nSPS) is 20.9. The number of nitrogens with zero attached hydrogens (tertiary/aromatic N) is 3. The summed E-state index contributed by atoms with van der Waals surface area (Å²) in [6.07, 6.45) is 1.60. The second-order valence-corrected chi connectivity index (χ2v) is 5.67. The zero-order valence-corrected chi connectivity index (χ0v) is 13.1. The average Bonchev–Trinajstić information content (AvgIpc) is 3.08. The van der Waals surface area contributed by atoms with Gasteiger partial charge in [0.1, 0.15) is 12.1 Å². The van der Waals surface area contributed by atoms with Crippen LogP contribution in [-0.4, -0.2) is 27.0 Å². The Morgan fingerprint density at radius 2 is 2.00 bits per heavy atom. The van der Waals surface area contributed by atoms with Crippen LogP contribution in [0.1, 0.15) is 37.5 Å². The highest BCUT2D eigenvalue weighted by atomic mass is 16.5. The lowest BCUT2D eigenvalue weighted by molar-refractivity contribution is -0.131. The van der Waals surface area contributed by atoms with Gasteiger partial charge in [-0.25, -0.2) is 4.79 Å². The van der Waals surface area contributed by atoms with E-state index < -0.39 is 11.6 Å². The third kappa shape index (κ3) is 2.69. The van der Waals surface area contributed by atoms with Crippen LogP contribution in [0.2, 0.25) is 0 Å². The molecule has 1 N–H and O–H groups in total. The van der Waals surface area contributed by atoms with Crippen molar-refractivity contribution in [3.63, 3.8) is 0 Å². The minimum atomic E-state index is -1.08. The van der Waals surface area contributed by atoms with Gasteiger partial charge in [0, 0.05) is 6.42 Å². The van der Waals surface area contributed by atoms with Crippen molar-refractivity contribution in [2.75, 3.05) is 0 Å². The van der Waals surface area contributed by atoms with Crippen molar-refractivity contribution in [1.82, 2.24) is 20.4 Å². The molecule has 1 aliphatic heterocycles. The number of aromatic nitrogens is 2. The predicted molar refractivity (Wildman–Crippen MR) is 81.2 cm³/mol. The van der Waals surface area contributed by atoms with Gasteiger partial charge in [-0.1, -0.05) is 42.4 Å². The first-order valence-electron chi connectivity index (χ1n) is 7.55. The molecule has 1 saturated heterocycles. The Morgan fingerprint density at radius 1 is 1.26 bits per heavy atom. The smallest absolute Gasteiger partial charge is 0.325 e. The predicted octanol–water partition coefficient (Wildman–Crippen LogP) is 1.99. The van der Waals surface area contributed by atoms with Crippen molar-refractivity contribution in [3.05, 3.63) is 47.6 Å². The summed E-state index contributed by atoms with van der Waals surface area (Å²) < 4.78 is 5.11. The molecule has 1 unspecified atom stereocenters. The number of carbonyl (C=O) groups excluding carboxylic acids is 2. The molecule has 0 spiro atoms. The third-order valence-corrected chi connectivity index (χ3v) is 3.90. The molecule has 3 amide bonds. The zero-order chi connectivity index (χ0) is 16.4. The molecular weight excluding hydrogens is 296 g/mol. The van der Waals surface area contributed by atoms with E-state index in [4.69, 9.17) is 4.52 Å². The number of benzene rings is 1. The average molecular weight is 314 g/mol. The van der Waals surface area contributed by atoms with Crippen molar-refractivity contribution in [3.8, 4) is 0 Å². The number of imide groups is 1. The van der Waals surface area contributed by atoms with Gasteiger partial charge in [-0.3, -0.25) is 9.69 Å². The van der Waals surface area contributed by atoms with Crippen LogP contribution in [0, 0.1) is 0 Å². The molecule has 1 aromatic heterocycles. The quantitative estimate of drug-likeness (QED) is 0.853. The summed E-state index contributed by atoms with van der Waals surface area (Å²) in [5, 5.41) is 6.58. The van der Waals surface area contributed by atoms with E-state index in [1.54, 1.807) is 6.92 Å². The van der Waals surface area contributed by atoms with Gasteiger partial charge in [0.15, 0.2) is 5.82 Å². The van der Waals surface area contributed by atoms with Crippen LogP contribution in [0.4, 0.5) is 4.79 Å². The summed E-state index contributed by atoms with van der Waals surface area (Å²) in [5.74, 6) is 0.513. The molecule has 0 saturated carbocycles. The summed E-state index contributed by atoms with van der Waals surface area (Å²) >= 11 is 0. The highest BCUT2D eigenvalue weighted by molar-refractivity contribution is 6.07. The van der Waals surface area contributed by atoms with Gasteiger partial charge in [-0.2, -0.15) is 4.98 Å². The maximum atomic E-state index is 12.7. The molecule has 0 radical (unpaired) electrons. The fraction of sp³-hybridized carbons (Fsp3) is 0.375. The Labute approximate surface area is 133 Å². The highest BCUT2D eigenvalue weighted by Crippen LogP contribution is 2.29. The molecule has 2 heterocycles. The molecule has 1 aromatic carbocycles. The lowest BCUT2D eigenvalue weighted by Gasteiger charge is -2.21. The molecule has 1 fully saturated rings. The monoisotopic (exact) mass is 314 g/mol. The fourth-order valence-corrected chi connectivity index (χ4v) is 2.62. The second-order valence-electron chi connectivity index (χ2n) is 5.67. The number of rotatable bonds is 5. The number of hydrogen-bond acceptors (Lipinski definition) is 5. The van der Waals surface area contributed by atoms with Crippen molar-refractivity contribution in [1.29, 1.82) is 0 Å². The summed E-state index contributed by atoms with van der Waals surface area (Å²) in [5.41, 5.74) is -0.344. The lowest BCUT2D eigenvalue weighted by atomic mass is 9.92. The number of urea groups is 1. The second kappa shape index (κ2) is 5.83. The fourth-order valence-electron chi connectivity index (χ4n) is 2.62. The van der Waals surface area contributed by atoms with Crippen LogP contribution in [-0.2, 0) is 23.3 Å². The maximum absolute atomic E-state index is 12.7. The number of hydrogen-bond donors (Lipinski definition) is 1. The van der Waals surface area contributed by atoms with E-state index in [9.17, 15) is 9.59 Å². The molecule has 7 nitrogen and oxygen atoms in total. The Hall–Kier alpha value is -2.70. The van der Waals surface area contributed by atoms with Crippen LogP contribution in [0.25, 0.3) is 0 Å². The molecule has 1 aliphatic rings. The molecule has 0 aliphatic carbocycles. The lowest BCUT2D eigenvalue weighted by Crippen LogP contribution is -2.40. The van der Waals surface area contributed by atoms with Gasteiger partial charge < -0.3 is 9.84 Å². The van der Waals surface area contributed by atoms with Crippen LogP contribution in [0.3, 0.4) is 0 Å². The van der Waals surface area contributed by atoms with Gasteiger partial charge in [0.2, 0.25) is 5.89 Å². The zero-order valence-electron chi connectivity index (χ0n) is 13.1. The number of aryl methyl sites for hydroxylation is 1. The summed E-state index contributed by atoms with van der Waals surface area (Å²) in [7, 11) is 0. The largest absolute Gasteiger partial charge is 0.337 e. The number of carbonyl (C=O) groups is 2. The van der Waals surface area contributed by atoms with E-state index >= 15 is 0 Å². The van der Waals surface area contributed by atoms with Crippen LogP contribution in [0.15, 0.2) is 34.9 Å². The molecule has 2 aromatic rings. The van der Waals surface area contributed by atoms with Crippen molar-refractivity contribution >= 4 is 11.9 Å². The van der Waals surface area contributed by atoms with Gasteiger partial charge in [0.05, 0.1) is 0 Å². The van der Waals surface area contributed by atoms with Crippen LogP contribution < -0.4 is 5.32 Å². The number of amides is 3. The van der Waals surface area contributed by atoms with Gasteiger partial charge in [-0.05, 0) is 18.9 Å². The maximum Gasteiger partial charge on any atom is 0.325 e. The summed E-state index contributed by atoms with van der Waals surface area (Å²) in [6, 6.07) is 8.69. The van der Waals surface area contributed by atoms with Crippen molar-refractivity contribution in [2.45, 2.75) is 38.8 Å².